The fourth-order valence-electron chi connectivity index (χ4n) is 1.54. The van der Waals surface area contributed by atoms with Gasteiger partial charge in [-0.25, -0.2) is 0 Å². The Morgan fingerprint density at radius 3 is 2.29 bits per heavy atom. The number of hydrogen-bond acceptors (Lipinski definition) is 3. The second-order valence-electron chi connectivity index (χ2n) is 4.55. The number of amides is 1. The van der Waals surface area contributed by atoms with E-state index in [1.165, 1.54) is 19.3 Å². The maximum absolute atomic E-state index is 10.7. The van der Waals surface area contributed by atoms with Crippen molar-refractivity contribution in [3.63, 3.8) is 0 Å². The van der Waals surface area contributed by atoms with Crippen molar-refractivity contribution >= 4 is 5.91 Å². The lowest BCUT2D eigenvalue weighted by Gasteiger charge is -2.07. The van der Waals surface area contributed by atoms with Crippen LogP contribution in [0.5, 0.6) is 0 Å². The lowest BCUT2D eigenvalue weighted by molar-refractivity contribution is -0.123. The number of carbonyl (C=O) groups is 1. The van der Waals surface area contributed by atoms with E-state index in [1.54, 1.807) is 0 Å². The molecule has 0 atom stereocenters. The summed E-state index contributed by atoms with van der Waals surface area (Å²) in [5.41, 5.74) is 0. The van der Waals surface area contributed by atoms with Crippen LogP contribution >= 0.6 is 0 Å². The number of hydrogen-bond donors (Lipinski definition) is 2. The van der Waals surface area contributed by atoms with Gasteiger partial charge in [-0.2, -0.15) is 0 Å². The molecule has 0 saturated carbocycles. The van der Waals surface area contributed by atoms with Gasteiger partial charge in [0.25, 0.3) is 0 Å². The van der Waals surface area contributed by atoms with E-state index in [0.29, 0.717) is 12.6 Å². The quantitative estimate of drug-likeness (QED) is 0.546. The van der Waals surface area contributed by atoms with Crippen LogP contribution in [0.3, 0.4) is 0 Å². The van der Waals surface area contributed by atoms with Crippen LogP contribution in [-0.2, 0) is 9.53 Å². The fourth-order valence-corrected chi connectivity index (χ4v) is 1.54. The molecule has 0 unspecified atom stereocenters. The van der Waals surface area contributed by atoms with Crippen LogP contribution in [0.1, 0.15) is 52.4 Å². The molecule has 0 bridgehead atoms. The van der Waals surface area contributed by atoms with Gasteiger partial charge in [-0.1, -0.05) is 25.7 Å². The molecule has 0 saturated heterocycles. The molecule has 2 N–H and O–H groups in total. The third kappa shape index (κ3) is 13.3. The maximum atomic E-state index is 10.7. The van der Waals surface area contributed by atoms with E-state index in [1.807, 2.05) is 0 Å². The summed E-state index contributed by atoms with van der Waals surface area (Å²) >= 11 is 0. The molecule has 0 aliphatic rings. The van der Waals surface area contributed by atoms with Crippen molar-refractivity contribution in [1.82, 2.24) is 5.32 Å². The minimum Gasteiger partial charge on any atom is -0.387 e. The molecule has 17 heavy (non-hydrogen) atoms. The Hall–Kier alpha value is -0.610. The molecule has 102 valence electrons. The van der Waals surface area contributed by atoms with Crippen LogP contribution in [0.2, 0.25) is 0 Å². The molecule has 0 spiro atoms. The first-order valence-electron chi connectivity index (χ1n) is 6.66. The van der Waals surface area contributed by atoms with Gasteiger partial charge in [0, 0.05) is 13.2 Å². The Kier molecular flexibility index (Phi) is 11.4. The molecule has 0 aromatic heterocycles. The summed E-state index contributed by atoms with van der Waals surface area (Å²) in [7, 11) is 0. The normalized spacial score (nSPS) is 10.8. The van der Waals surface area contributed by atoms with E-state index in [0.717, 1.165) is 25.9 Å². The highest BCUT2D eigenvalue weighted by Gasteiger charge is 1.97. The van der Waals surface area contributed by atoms with Gasteiger partial charge < -0.3 is 15.2 Å². The summed E-state index contributed by atoms with van der Waals surface area (Å²) in [5.74, 6) is -0.282. The third-order valence-electron chi connectivity index (χ3n) is 2.49. The molecule has 0 fully saturated rings. The number of aliphatic hydroxyl groups excluding tert-OH is 1. The standard InChI is InChI=1S/C13H27NO3/c1-12(2)17-10-8-6-4-3-5-7-9-14-13(16)11-15/h12,15H,3-11H2,1-2H3,(H,14,16). The zero-order valence-corrected chi connectivity index (χ0v) is 11.2. The van der Waals surface area contributed by atoms with Crippen LogP contribution in [0.4, 0.5) is 0 Å². The van der Waals surface area contributed by atoms with Crippen molar-refractivity contribution in [3.05, 3.63) is 0 Å². The van der Waals surface area contributed by atoms with E-state index in [2.05, 4.69) is 19.2 Å². The number of rotatable bonds is 11. The third-order valence-corrected chi connectivity index (χ3v) is 2.49. The number of ether oxygens (including phenoxy) is 1. The molecule has 0 aliphatic carbocycles. The van der Waals surface area contributed by atoms with Crippen LogP contribution < -0.4 is 5.32 Å². The second-order valence-corrected chi connectivity index (χ2v) is 4.55. The van der Waals surface area contributed by atoms with Crippen molar-refractivity contribution < 1.29 is 14.6 Å². The van der Waals surface area contributed by atoms with Gasteiger partial charge in [-0.3, -0.25) is 4.79 Å². The zero-order chi connectivity index (χ0) is 12.9. The van der Waals surface area contributed by atoms with Crippen molar-refractivity contribution in [2.75, 3.05) is 19.8 Å². The Bertz CT molecular complexity index is 184. The van der Waals surface area contributed by atoms with Gasteiger partial charge in [0.15, 0.2) is 0 Å². The number of unbranched alkanes of at least 4 members (excludes halogenated alkanes) is 5. The van der Waals surface area contributed by atoms with Crippen LogP contribution in [0.25, 0.3) is 0 Å². The number of carbonyl (C=O) groups excluding carboxylic acids is 1. The Morgan fingerprint density at radius 1 is 1.12 bits per heavy atom. The monoisotopic (exact) mass is 245 g/mol. The summed E-state index contributed by atoms with van der Waals surface area (Å²) < 4.78 is 5.45. The Labute approximate surface area is 105 Å². The largest absolute Gasteiger partial charge is 0.387 e. The van der Waals surface area contributed by atoms with Crippen molar-refractivity contribution in [1.29, 1.82) is 0 Å². The first-order valence-corrected chi connectivity index (χ1v) is 6.66. The summed E-state index contributed by atoms with van der Waals surface area (Å²) in [6.07, 6.45) is 7.26. The topological polar surface area (TPSA) is 58.6 Å². The highest BCUT2D eigenvalue weighted by atomic mass is 16.5. The molecule has 0 aromatic carbocycles. The molecule has 0 aliphatic heterocycles. The molecule has 4 heteroatoms. The Morgan fingerprint density at radius 2 is 1.71 bits per heavy atom. The van der Waals surface area contributed by atoms with Gasteiger partial charge in [-0.05, 0) is 26.7 Å². The average Bonchev–Trinajstić information content (AvgIpc) is 2.30. The van der Waals surface area contributed by atoms with E-state index < -0.39 is 6.61 Å². The van der Waals surface area contributed by atoms with E-state index in [4.69, 9.17) is 9.84 Å². The first kappa shape index (κ1) is 16.4. The van der Waals surface area contributed by atoms with Crippen molar-refractivity contribution in [2.24, 2.45) is 0 Å². The molecule has 0 heterocycles. The predicted molar refractivity (Wildman–Crippen MR) is 68.9 cm³/mol. The SMILES string of the molecule is CC(C)OCCCCCCCCNC(=O)CO. The van der Waals surface area contributed by atoms with Crippen molar-refractivity contribution in [3.8, 4) is 0 Å². The van der Waals surface area contributed by atoms with Gasteiger partial charge >= 0.3 is 0 Å². The summed E-state index contributed by atoms with van der Waals surface area (Å²) in [4.78, 5) is 10.7. The molecule has 1 amide bonds. The first-order chi connectivity index (χ1) is 8.16. The highest BCUT2D eigenvalue weighted by molar-refractivity contribution is 5.76. The van der Waals surface area contributed by atoms with Gasteiger partial charge in [-0.15, -0.1) is 0 Å². The van der Waals surface area contributed by atoms with E-state index in [9.17, 15) is 4.79 Å². The summed E-state index contributed by atoms with van der Waals surface area (Å²) in [6.45, 7) is 5.25. The molecule has 4 nitrogen and oxygen atoms in total. The maximum Gasteiger partial charge on any atom is 0.245 e. The fraction of sp³-hybridized carbons (Fsp3) is 0.923. The average molecular weight is 245 g/mol. The van der Waals surface area contributed by atoms with Gasteiger partial charge in [0.2, 0.25) is 5.91 Å². The Balaban J connectivity index is 3.01. The molecular formula is C13H27NO3. The number of nitrogens with one attached hydrogen (secondary N) is 1. The number of aliphatic hydroxyl groups is 1. The molecule has 0 rings (SSSR count). The minimum absolute atomic E-state index is 0.282. The second kappa shape index (κ2) is 11.9. The smallest absolute Gasteiger partial charge is 0.245 e. The minimum atomic E-state index is -0.407. The molecule has 0 radical (unpaired) electrons. The lowest BCUT2D eigenvalue weighted by atomic mass is 10.1. The van der Waals surface area contributed by atoms with Gasteiger partial charge in [0.05, 0.1) is 6.10 Å². The van der Waals surface area contributed by atoms with Crippen LogP contribution in [-0.4, -0.2) is 36.9 Å². The van der Waals surface area contributed by atoms with Crippen LogP contribution in [0.15, 0.2) is 0 Å². The summed E-state index contributed by atoms with van der Waals surface area (Å²) in [6, 6.07) is 0. The predicted octanol–water partition coefficient (Wildman–Crippen LogP) is 1.86. The summed E-state index contributed by atoms with van der Waals surface area (Å²) in [5, 5.41) is 11.1. The molecular weight excluding hydrogens is 218 g/mol. The van der Waals surface area contributed by atoms with Crippen LogP contribution in [0, 0.1) is 0 Å². The van der Waals surface area contributed by atoms with Crippen molar-refractivity contribution in [2.45, 2.75) is 58.5 Å². The van der Waals surface area contributed by atoms with Gasteiger partial charge in [0.1, 0.15) is 6.61 Å². The van der Waals surface area contributed by atoms with E-state index >= 15 is 0 Å². The molecule has 0 aromatic rings. The van der Waals surface area contributed by atoms with E-state index in [-0.39, 0.29) is 5.91 Å². The zero-order valence-electron chi connectivity index (χ0n) is 11.2. The lowest BCUT2D eigenvalue weighted by Crippen LogP contribution is -2.26. The highest BCUT2D eigenvalue weighted by Crippen LogP contribution is 2.05.